The van der Waals surface area contributed by atoms with Gasteiger partial charge in [-0.25, -0.2) is 9.97 Å². The smallest absolute Gasteiger partial charge is 0.132 e. The van der Waals surface area contributed by atoms with Crippen molar-refractivity contribution in [2.24, 2.45) is 5.73 Å². The SMILES string of the molecule is NCCCNc1cnc(C2CCC2)nc1-c1ccc(O)cc1. The molecule has 1 aliphatic carbocycles. The monoisotopic (exact) mass is 298 g/mol. The van der Waals surface area contributed by atoms with Crippen molar-refractivity contribution < 1.29 is 5.11 Å². The van der Waals surface area contributed by atoms with Crippen LogP contribution in [0, 0.1) is 0 Å². The molecular weight excluding hydrogens is 276 g/mol. The van der Waals surface area contributed by atoms with Crippen LogP contribution in [0.1, 0.15) is 37.4 Å². The summed E-state index contributed by atoms with van der Waals surface area (Å²) in [7, 11) is 0. The van der Waals surface area contributed by atoms with E-state index in [0.717, 1.165) is 35.7 Å². The zero-order chi connectivity index (χ0) is 15.4. The maximum Gasteiger partial charge on any atom is 0.132 e. The van der Waals surface area contributed by atoms with E-state index in [2.05, 4.69) is 10.3 Å². The van der Waals surface area contributed by atoms with Crippen molar-refractivity contribution >= 4 is 5.69 Å². The van der Waals surface area contributed by atoms with Crippen LogP contribution in [0.4, 0.5) is 5.69 Å². The molecule has 1 aromatic carbocycles. The minimum Gasteiger partial charge on any atom is -0.508 e. The van der Waals surface area contributed by atoms with Crippen LogP contribution < -0.4 is 11.1 Å². The van der Waals surface area contributed by atoms with Gasteiger partial charge >= 0.3 is 0 Å². The van der Waals surface area contributed by atoms with Gasteiger partial charge in [-0.2, -0.15) is 0 Å². The average Bonchev–Trinajstić information content (AvgIpc) is 2.48. The highest BCUT2D eigenvalue weighted by Gasteiger charge is 2.23. The number of phenols is 1. The van der Waals surface area contributed by atoms with E-state index in [4.69, 9.17) is 10.7 Å². The minimum atomic E-state index is 0.259. The minimum absolute atomic E-state index is 0.259. The number of nitrogens with zero attached hydrogens (tertiary/aromatic N) is 2. The number of hydrogen-bond acceptors (Lipinski definition) is 5. The second kappa shape index (κ2) is 6.75. The molecule has 1 aliphatic rings. The Morgan fingerprint density at radius 3 is 2.64 bits per heavy atom. The zero-order valence-electron chi connectivity index (χ0n) is 12.6. The van der Waals surface area contributed by atoms with E-state index in [0.29, 0.717) is 12.5 Å². The highest BCUT2D eigenvalue weighted by molar-refractivity contribution is 5.74. The molecule has 1 fully saturated rings. The Morgan fingerprint density at radius 2 is 2.00 bits per heavy atom. The molecule has 0 aliphatic heterocycles. The first-order valence-electron chi connectivity index (χ1n) is 7.88. The third-order valence-electron chi connectivity index (χ3n) is 4.11. The molecule has 3 rings (SSSR count). The van der Waals surface area contributed by atoms with Crippen LogP contribution in [0.5, 0.6) is 5.75 Å². The molecule has 0 unspecified atom stereocenters. The van der Waals surface area contributed by atoms with Gasteiger partial charge in [0.1, 0.15) is 11.6 Å². The van der Waals surface area contributed by atoms with E-state index < -0.39 is 0 Å². The van der Waals surface area contributed by atoms with Gasteiger partial charge in [0.15, 0.2) is 0 Å². The Morgan fingerprint density at radius 1 is 1.23 bits per heavy atom. The van der Waals surface area contributed by atoms with E-state index in [1.807, 2.05) is 18.3 Å². The summed E-state index contributed by atoms with van der Waals surface area (Å²) >= 11 is 0. The van der Waals surface area contributed by atoms with Crippen LogP contribution in [-0.2, 0) is 0 Å². The predicted octanol–water partition coefficient (Wildman–Crippen LogP) is 2.88. The molecule has 0 amide bonds. The van der Waals surface area contributed by atoms with Gasteiger partial charge in [-0.3, -0.25) is 0 Å². The van der Waals surface area contributed by atoms with Crippen molar-refractivity contribution in [3.8, 4) is 17.0 Å². The van der Waals surface area contributed by atoms with E-state index in [1.165, 1.54) is 19.3 Å². The lowest BCUT2D eigenvalue weighted by molar-refractivity contribution is 0.402. The number of nitrogens with one attached hydrogen (secondary N) is 1. The number of benzene rings is 1. The number of aromatic nitrogens is 2. The van der Waals surface area contributed by atoms with Gasteiger partial charge in [0.2, 0.25) is 0 Å². The fourth-order valence-corrected chi connectivity index (χ4v) is 2.55. The summed E-state index contributed by atoms with van der Waals surface area (Å²) in [6.45, 7) is 1.45. The Bertz CT molecular complexity index is 623. The van der Waals surface area contributed by atoms with Crippen LogP contribution in [0.15, 0.2) is 30.5 Å². The van der Waals surface area contributed by atoms with Crippen LogP contribution in [0.25, 0.3) is 11.3 Å². The zero-order valence-corrected chi connectivity index (χ0v) is 12.6. The Hall–Kier alpha value is -2.14. The molecular formula is C17H22N4O. The van der Waals surface area contributed by atoms with Gasteiger partial charge in [-0.15, -0.1) is 0 Å². The van der Waals surface area contributed by atoms with Crippen LogP contribution in [-0.4, -0.2) is 28.2 Å². The average molecular weight is 298 g/mol. The third-order valence-corrected chi connectivity index (χ3v) is 4.11. The van der Waals surface area contributed by atoms with Crippen molar-refractivity contribution in [2.75, 3.05) is 18.4 Å². The quantitative estimate of drug-likeness (QED) is 0.714. The molecule has 0 spiro atoms. The highest BCUT2D eigenvalue weighted by atomic mass is 16.3. The maximum absolute atomic E-state index is 9.47. The van der Waals surface area contributed by atoms with Crippen molar-refractivity contribution in [2.45, 2.75) is 31.6 Å². The molecule has 22 heavy (non-hydrogen) atoms. The molecule has 0 saturated heterocycles. The lowest BCUT2D eigenvalue weighted by Gasteiger charge is -2.24. The summed E-state index contributed by atoms with van der Waals surface area (Å²) < 4.78 is 0. The summed E-state index contributed by atoms with van der Waals surface area (Å²) in [5.41, 5.74) is 8.35. The fourth-order valence-electron chi connectivity index (χ4n) is 2.55. The van der Waals surface area contributed by atoms with E-state index in [1.54, 1.807) is 12.1 Å². The molecule has 0 atom stereocenters. The lowest BCUT2D eigenvalue weighted by Crippen LogP contribution is -2.15. The number of phenolic OH excluding ortho intramolecular Hbond substituents is 1. The Kier molecular flexibility index (Phi) is 4.53. The largest absolute Gasteiger partial charge is 0.508 e. The first kappa shape index (κ1) is 14.8. The number of nitrogens with two attached hydrogens (primary N) is 1. The molecule has 5 heteroatoms. The van der Waals surface area contributed by atoms with Crippen LogP contribution in [0.3, 0.4) is 0 Å². The van der Waals surface area contributed by atoms with Gasteiger partial charge in [-0.1, -0.05) is 6.42 Å². The molecule has 0 radical (unpaired) electrons. The standard InChI is InChI=1S/C17H22N4O/c18-9-2-10-19-15-11-20-17(13-3-1-4-13)21-16(15)12-5-7-14(22)8-6-12/h5-8,11,13,19,22H,1-4,9-10,18H2. The number of anilines is 1. The van der Waals surface area contributed by atoms with Crippen molar-refractivity contribution in [1.82, 2.24) is 9.97 Å². The van der Waals surface area contributed by atoms with E-state index >= 15 is 0 Å². The molecule has 116 valence electrons. The predicted molar refractivity (Wildman–Crippen MR) is 87.9 cm³/mol. The second-order valence-electron chi connectivity index (χ2n) is 5.73. The molecule has 1 saturated carbocycles. The first-order valence-corrected chi connectivity index (χ1v) is 7.88. The fraction of sp³-hybridized carbons (Fsp3) is 0.412. The topological polar surface area (TPSA) is 84.1 Å². The maximum atomic E-state index is 9.47. The van der Waals surface area contributed by atoms with Crippen LogP contribution in [0.2, 0.25) is 0 Å². The van der Waals surface area contributed by atoms with Crippen LogP contribution >= 0.6 is 0 Å². The number of hydrogen-bond donors (Lipinski definition) is 3. The summed E-state index contributed by atoms with van der Waals surface area (Å²) in [5.74, 6) is 1.68. The third kappa shape index (κ3) is 3.20. The van der Waals surface area contributed by atoms with Crippen molar-refractivity contribution in [1.29, 1.82) is 0 Å². The van der Waals surface area contributed by atoms with E-state index in [-0.39, 0.29) is 5.75 Å². The van der Waals surface area contributed by atoms with E-state index in [9.17, 15) is 5.11 Å². The van der Waals surface area contributed by atoms with Gasteiger partial charge in [-0.05, 0) is 50.1 Å². The Labute approximate surface area is 130 Å². The second-order valence-corrected chi connectivity index (χ2v) is 5.73. The van der Waals surface area contributed by atoms with Gasteiger partial charge < -0.3 is 16.2 Å². The molecule has 1 aromatic heterocycles. The first-order chi connectivity index (χ1) is 10.8. The highest BCUT2D eigenvalue weighted by Crippen LogP contribution is 2.36. The molecule has 0 bridgehead atoms. The van der Waals surface area contributed by atoms with Crippen molar-refractivity contribution in [3.05, 3.63) is 36.3 Å². The Balaban J connectivity index is 1.92. The number of rotatable bonds is 6. The molecule has 2 aromatic rings. The van der Waals surface area contributed by atoms with Gasteiger partial charge in [0.25, 0.3) is 0 Å². The van der Waals surface area contributed by atoms with Crippen molar-refractivity contribution in [3.63, 3.8) is 0 Å². The van der Waals surface area contributed by atoms with Gasteiger partial charge in [0.05, 0.1) is 17.6 Å². The summed E-state index contributed by atoms with van der Waals surface area (Å²) in [6, 6.07) is 7.14. The lowest BCUT2D eigenvalue weighted by atomic mass is 9.85. The normalized spacial score (nSPS) is 14.6. The summed E-state index contributed by atoms with van der Waals surface area (Å²) in [5, 5.41) is 12.8. The summed E-state index contributed by atoms with van der Waals surface area (Å²) in [6.07, 6.45) is 6.39. The molecule has 4 N–H and O–H groups in total. The molecule has 5 nitrogen and oxygen atoms in total. The molecule has 1 heterocycles. The van der Waals surface area contributed by atoms with Gasteiger partial charge in [0, 0.05) is 18.0 Å². The summed E-state index contributed by atoms with van der Waals surface area (Å²) in [4.78, 5) is 9.32. The number of aromatic hydroxyl groups is 1.